The SMILES string of the molecule is Cc1ccccc1C(=O)Nc1ccc(NC(=S)NC(=O)c2ccc(OCC(C)C)c(Br)c2)cc1. The zero-order valence-electron chi connectivity index (χ0n) is 19.1. The Morgan fingerprint density at radius 2 is 1.59 bits per heavy atom. The van der Waals surface area contributed by atoms with Crippen molar-refractivity contribution in [3.05, 3.63) is 87.9 Å². The summed E-state index contributed by atoms with van der Waals surface area (Å²) in [6, 6.07) is 19.6. The predicted octanol–water partition coefficient (Wildman–Crippen LogP) is 6.17. The van der Waals surface area contributed by atoms with Crippen molar-refractivity contribution in [3.63, 3.8) is 0 Å². The molecule has 0 saturated carbocycles. The van der Waals surface area contributed by atoms with Gasteiger partial charge in [0, 0.05) is 22.5 Å². The Morgan fingerprint density at radius 1 is 0.941 bits per heavy atom. The highest BCUT2D eigenvalue weighted by molar-refractivity contribution is 9.10. The maximum absolute atomic E-state index is 12.6. The molecule has 3 rings (SSSR count). The molecule has 0 unspecified atom stereocenters. The highest BCUT2D eigenvalue weighted by Gasteiger charge is 2.12. The number of nitrogens with one attached hydrogen (secondary N) is 3. The number of ether oxygens (including phenoxy) is 1. The van der Waals surface area contributed by atoms with E-state index in [4.69, 9.17) is 17.0 Å². The van der Waals surface area contributed by atoms with E-state index in [1.54, 1.807) is 48.5 Å². The Balaban J connectivity index is 1.54. The predicted molar refractivity (Wildman–Crippen MR) is 144 cm³/mol. The Hall–Kier alpha value is -3.23. The van der Waals surface area contributed by atoms with Crippen LogP contribution < -0.4 is 20.7 Å². The van der Waals surface area contributed by atoms with Crippen molar-refractivity contribution in [2.24, 2.45) is 5.92 Å². The molecule has 0 spiro atoms. The van der Waals surface area contributed by atoms with Gasteiger partial charge in [0.15, 0.2) is 5.11 Å². The molecule has 34 heavy (non-hydrogen) atoms. The Kier molecular flexibility index (Phi) is 8.79. The number of carbonyl (C=O) groups excluding carboxylic acids is 2. The fourth-order valence-electron chi connectivity index (χ4n) is 3.02. The zero-order valence-corrected chi connectivity index (χ0v) is 21.5. The molecule has 0 aromatic heterocycles. The summed E-state index contributed by atoms with van der Waals surface area (Å²) in [5.74, 6) is 0.571. The number of anilines is 2. The summed E-state index contributed by atoms with van der Waals surface area (Å²) in [5.41, 5.74) is 3.31. The summed E-state index contributed by atoms with van der Waals surface area (Å²) in [7, 11) is 0. The van der Waals surface area contributed by atoms with Crippen LogP contribution in [0.2, 0.25) is 0 Å². The van der Waals surface area contributed by atoms with Gasteiger partial charge in [0.2, 0.25) is 0 Å². The fraction of sp³-hybridized carbons (Fsp3) is 0.192. The van der Waals surface area contributed by atoms with Gasteiger partial charge in [0.25, 0.3) is 11.8 Å². The van der Waals surface area contributed by atoms with Crippen molar-refractivity contribution < 1.29 is 14.3 Å². The molecule has 0 heterocycles. The molecule has 2 amide bonds. The smallest absolute Gasteiger partial charge is 0.257 e. The number of hydrogen-bond donors (Lipinski definition) is 3. The molecule has 0 radical (unpaired) electrons. The first-order chi connectivity index (χ1) is 16.2. The van der Waals surface area contributed by atoms with Crippen molar-refractivity contribution in [2.75, 3.05) is 17.2 Å². The summed E-state index contributed by atoms with van der Waals surface area (Å²) in [6.45, 7) is 6.62. The van der Waals surface area contributed by atoms with Crippen LogP contribution in [0, 0.1) is 12.8 Å². The quantitative estimate of drug-likeness (QED) is 0.313. The van der Waals surface area contributed by atoms with E-state index in [0.717, 1.165) is 5.56 Å². The van der Waals surface area contributed by atoms with Crippen LogP contribution in [0.4, 0.5) is 11.4 Å². The van der Waals surface area contributed by atoms with Gasteiger partial charge in [-0.2, -0.15) is 0 Å². The lowest BCUT2D eigenvalue weighted by Crippen LogP contribution is -2.34. The molecule has 0 bridgehead atoms. The largest absolute Gasteiger partial charge is 0.492 e. The molecule has 6 nitrogen and oxygen atoms in total. The summed E-state index contributed by atoms with van der Waals surface area (Å²) < 4.78 is 6.41. The van der Waals surface area contributed by atoms with E-state index in [9.17, 15) is 9.59 Å². The standard InChI is InChI=1S/C26H26BrN3O3S/c1-16(2)15-33-23-13-8-18(14-22(23)27)24(31)30-26(34)29-20-11-9-19(10-12-20)28-25(32)21-7-5-4-6-17(21)3/h4-14,16H,15H2,1-3H3,(H,28,32)(H2,29,30,31,34). The molecule has 0 aliphatic carbocycles. The van der Waals surface area contributed by atoms with E-state index < -0.39 is 0 Å². The van der Waals surface area contributed by atoms with Gasteiger partial charge < -0.3 is 15.4 Å². The third kappa shape index (κ3) is 7.13. The number of thiocarbonyl (C=S) groups is 1. The van der Waals surface area contributed by atoms with E-state index in [1.165, 1.54) is 0 Å². The van der Waals surface area contributed by atoms with E-state index in [0.29, 0.717) is 45.2 Å². The molecule has 0 aliphatic heterocycles. The number of benzene rings is 3. The van der Waals surface area contributed by atoms with Crippen molar-refractivity contribution in [2.45, 2.75) is 20.8 Å². The van der Waals surface area contributed by atoms with Crippen LogP contribution >= 0.6 is 28.1 Å². The van der Waals surface area contributed by atoms with E-state index in [2.05, 4.69) is 45.7 Å². The Bertz CT molecular complexity index is 1200. The first-order valence-electron chi connectivity index (χ1n) is 10.7. The molecule has 176 valence electrons. The third-order valence-electron chi connectivity index (χ3n) is 4.78. The lowest BCUT2D eigenvalue weighted by Gasteiger charge is -2.13. The van der Waals surface area contributed by atoms with Crippen LogP contribution in [0.25, 0.3) is 0 Å². The number of hydrogen-bond acceptors (Lipinski definition) is 4. The van der Waals surface area contributed by atoms with Crippen LogP contribution in [-0.4, -0.2) is 23.5 Å². The Morgan fingerprint density at radius 3 is 2.21 bits per heavy atom. The van der Waals surface area contributed by atoms with Crippen molar-refractivity contribution >= 4 is 56.4 Å². The molecular weight excluding hydrogens is 514 g/mol. The monoisotopic (exact) mass is 539 g/mol. The highest BCUT2D eigenvalue weighted by Crippen LogP contribution is 2.26. The van der Waals surface area contributed by atoms with E-state index in [-0.39, 0.29) is 16.9 Å². The Labute approximate surface area is 213 Å². The lowest BCUT2D eigenvalue weighted by molar-refractivity contribution is 0.0976. The van der Waals surface area contributed by atoms with Crippen molar-refractivity contribution in [1.82, 2.24) is 5.32 Å². The molecule has 8 heteroatoms. The normalized spacial score (nSPS) is 10.5. The van der Waals surface area contributed by atoms with Gasteiger partial charge >= 0.3 is 0 Å². The minimum absolute atomic E-state index is 0.165. The number of halogens is 1. The van der Waals surface area contributed by atoms with E-state index in [1.807, 2.05) is 25.1 Å². The van der Waals surface area contributed by atoms with Crippen LogP contribution in [0.5, 0.6) is 5.75 Å². The molecule has 3 aromatic carbocycles. The first kappa shape index (κ1) is 25.4. The number of rotatable bonds is 7. The van der Waals surface area contributed by atoms with Gasteiger partial charge in [-0.15, -0.1) is 0 Å². The molecule has 0 atom stereocenters. The molecule has 0 saturated heterocycles. The molecule has 0 aliphatic rings. The molecule has 3 N–H and O–H groups in total. The number of carbonyl (C=O) groups is 2. The van der Waals surface area contributed by atoms with Gasteiger partial charge in [-0.1, -0.05) is 32.0 Å². The minimum atomic E-state index is -0.337. The second-order valence-corrected chi connectivity index (χ2v) is 9.37. The number of aryl methyl sites for hydroxylation is 1. The highest BCUT2D eigenvalue weighted by atomic mass is 79.9. The van der Waals surface area contributed by atoms with Gasteiger partial charge in [0.05, 0.1) is 11.1 Å². The second kappa shape index (κ2) is 11.8. The van der Waals surface area contributed by atoms with Gasteiger partial charge in [0.1, 0.15) is 5.75 Å². The minimum Gasteiger partial charge on any atom is -0.492 e. The molecular formula is C26H26BrN3O3S. The summed E-state index contributed by atoms with van der Waals surface area (Å²) >= 11 is 8.72. The summed E-state index contributed by atoms with van der Waals surface area (Å²) in [6.07, 6.45) is 0. The van der Waals surface area contributed by atoms with E-state index >= 15 is 0 Å². The average molecular weight is 540 g/mol. The van der Waals surface area contributed by atoms with Crippen LogP contribution in [0.1, 0.15) is 40.1 Å². The summed E-state index contributed by atoms with van der Waals surface area (Å²) in [4.78, 5) is 25.0. The maximum Gasteiger partial charge on any atom is 0.257 e. The van der Waals surface area contributed by atoms with Gasteiger partial charge in [-0.25, -0.2) is 0 Å². The average Bonchev–Trinajstić information content (AvgIpc) is 2.79. The molecule has 3 aromatic rings. The lowest BCUT2D eigenvalue weighted by atomic mass is 10.1. The van der Waals surface area contributed by atoms with Crippen LogP contribution in [0.15, 0.2) is 71.2 Å². The van der Waals surface area contributed by atoms with Gasteiger partial charge in [-0.05, 0) is 95.1 Å². The zero-order chi connectivity index (χ0) is 24.7. The van der Waals surface area contributed by atoms with Crippen LogP contribution in [0.3, 0.4) is 0 Å². The third-order valence-corrected chi connectivity index (χ3v) is 5.61. The second-order valence-electron chi connectivity index (χ2n) is 8.10. The number of amides is 2. The topological polar surface area (TPSA) is 79.5 Å². The molecule has 0 fully saturated rings. The van der Waals surface area contributed by atoms with Crippen molar-refractivity contribution in [3.8, 4) is 5.75 Å². The van der Waals surface area contributed by atoms with Gasteiger partial charge in [-0.3, -0.25) is 14.9 Å². The maximum atomic E-state index is 12.6. The fourth-order valence-corrected chi connectivity index (χ4v) is 3.72. The first-order valence-corrected chi connectivity index (χ1v) is 11.9. The summed E-state index contributed by atoms with van der Waals surface area (Å²) in [5, 5.41) is 8.68. The van der Waals surface area contributed by atoms with Crippen LogP contribution in [-0.2, 0) is 0 Å². The van der Waals surface area contributed by atoms with Crippen molar-refractivity contribution in [1.29, 1.82) is 0 Å².